The van der Waals surface area contributed by atoms with Crippen LogP contribution in [-0.4, -0.2) is 12.5 Å². The van der Waals surface area contributed by atoms with Crippen LogP contribution in [0.1, 0.15) is 5.56 Å². The lowest BCUT2D eigenvalue weighted by Gasteiger charge is -2.10. The van der Waals surface area contributed by atoms with Crippen LogP contribution in [0.4, 0.5) is 5.69 Å². The van der Waals surface area contributed by atoms with Gasteiger partial charge in [-0.1, -0.05) is 66.7 Å². The number of anilines is 1. The van der Waals surface area contributed by atoms with Crippen molar-refractivity contribution in [1.29, 1.82) is 0 Å². The third-order valence-electron chi connectivity index (χ3n) is 4.49. The van der Waals surface area contributed by atoms with Crippen LogP contribution < -0.4 is 10.1 Å². The van der Waals surface area contributed by atoms with Crippen molar-refractivity contribution in [2.45, 2.75) is 10.6 Å². The van der Waals surface area contributed by atoms with E-state index in [9.17, 15) is 4.79 Å². The summed E-state index contributed by atoms with van der Waals surface area (Å²) in [5.74, 6) is 1.43. The Hall–Kier alpha value is -3.24. The van der Waals surface area contributed by atoms with Crippen LogP contribution in [0.2, 0.25) is 0 Å². The zero-order valence-electron chi connectivity index (χ0n) is 15.9. The topological polar surface area (TPSA) is 38.3 Å². The first-order valence-corrected chi connectivity index (χ1v) is 10.4. The number of hydrogen-bond donors (Lipinski definition) is 1. The summed E-state index contributed by atoms with van der Waals surface area (Å²) < 4.78 is 5.75. The molecule has 0 bridgehead atoms. The quantitative estimate of drug-likeness (QED) is 0.379. The fraction of sp³-hybridized carbons (Fsp3) is 0.0800. The molecule has 1 N–H and O–H groups in total. The Morgan fingerprint density at radius 1 is 0.793 bits per heavy atom. The van der Waals surface area contributed by atoms with Gasteiger partial charge < -0.3 is 10.1 Å². The van der Waals surface area contributed by atoms with E-state index in [0.29, 0.717) is 5.75 Å². The molecule has 0 unspecified atom stereocenters. The third kappa shape index (κ3) is 5.18. The van der Waals surface area contributed by atoms with Gasteiger partial charge in [0, 0.05) is 21.7 Å². The first-order chi connectivity index (χ1) is 14.3. The van der Waals surface area contributed by atoms with Gasteiger partial charge in [-0.05, 0) is 41.3 Å². The minimum Gasteiger partial charge on any atom is -0.483 e. The first kappa shape index (κ1) is 19.1. The molecule has 0 aromatic heterocycles. The molecule has 0 aliphatic rings. The highest BCUT2D eigenvalue weighted by Gasteiger charge is 2.06. The fourth-order valence-electron chi connectivity index (χ4n) is 3.03. The molecule has 0 aliphatic heterocycles. The van der Waals surface area contributed by atoms with E-state index in [1.165, 1.54) is 10.5 Å². The van der Waals surface area contributed by atoms with Crippen molar-refractivity contribution in [3.05, 3.63) is 103 Å². The number of benzene rings is 4. The number of carbonyl (C=O) groups is 1. The number of thioether (sulfide) groups is 1. The molecule has 29 heavy (non-hydrogen) atoms. The highest BCUT2D eigenvalue weighted by molar-refractivity contribution is 7.98. The Bertz CT molecular complexity index is 1090. The van der Waals surface area contributed by atoms with Crippen LogP contribution in [0.5, 0.6) is 5.75 Å². The maximum Gasteiger partial charge on any atom is 0.262 e. The van der Waals surface area contributed by atoms with Crippen molar-refractivity contribution in [2.24, 2.45) is 0 Å². The number of ether oxygens (including phenoxy) is 1. The van der Waals surface area contributed by atoms with Crippen molar-refractivity contribution in [3.8, 4) is 5.75 Å². The number of carbonyl (C=O) groups excluding carboxylic acids is 1. The van der Waals surface area contributed by atoms with E-state index in [1.807, 2.05) is 84.9 Å². The third-order valence-corrected chi connectivity index (χ3v) is 5.58. The van der Waals surface area contributed by atoms with Gasteiger partial charge in [0.25, 0.3) is 5.91 Å². The summed E-state index contributed by atoms with van der Waals surface area (Å²) in [6.45, 7) is -0.0282. The molecule has 0 radical (unpaired) electrons. The van der Waals surface area contributed by atoms with Crippen LogP contribution in [0.15, 0.2) is 102 Å². The Labute approximate surface area is 174 Å². The van der Waals surface area contributed by atoms with Gasteiger partial charge in [-0.25, -0.2) is 0 Å². The predicted octanol–water partition coefficient (Wildman–Crippen LogP) is 6.15. The molecule has 4 aromatic rings. The molecule has 0 spiro atoms. The van der Waals surface area contributed by atoms with Crippen molar-refractivity contribution in [3.63, 3.8) is 0 Å². The van der Waals surface area contributed by atoms with E-state index < -0.39 is 0 Å². The summed E-state index contributed by atoms with van der Waals surface area (Å²) in [6, 6.07) is 32.1. The zero-order valence-corrected chi connectivity index (χ0v) is 16.7. The molecule has 3 nitrogen and oxygen atoms in total. The predicted molar refractivity (Wildman–Crippen MR) is 121 cm³/mol. The number of nitrogens with one attached hydrogen (secondary N) is 1. The summed E-state index contributed by atoms with van der Waals surface area (Å²) in [4.78, 5) is 13.5. The lowest BCUT2D eigenvalue weighted by molar-refractivity contribution is -0.118. The Kier molecular flexibility index (Phi) is 6.13. The van der Waals surface area contributed by atoms with Gasteiger partial charge in [0.05, 0.1) is 0 Å². The molecule has 144 valence electrons. The summed E-state index contributed by atoms with van der Waals surface area (Å²) in [6.07, 6.45) is 0. The Morgan fingerprint density at radius 2 is 1.52 bits per heavy atom. The van der Waals surface area contributed by atoms with E-state index in [0.717, 1.165) is 22.2 Å². The monoisotopic (exact) mass is 399 g/mol. The first-order valence-electron chi connectivity index (χ1n) is 9.45. The molecular formula is C25H21NO2S. The van der Waals surface area contributed by atoms with Crippen molar-refractivity contribution < 1.29 is 9.53 Å². The minimum absolute atomic E-state index is 0.0282. The summed E-state index contributed by atoms with van der Waals surface area (Å²) >= 11 is 1.79. The highest BCUT2D eigenvalue weighted by Crippen LogP contribution is 2.25. The van der Waals surface area contributed by atoms with Crippen LogP contribution in [0, 0.1) is 0 Å². The van der Waals surface area contributed by atoms with Gasteiger partial charge in [0.1, 0.15) is 5.75 Å². The molecule has 4 rings (SSSR count). The summed E-state index contributed by atoms with van der Waals surface area (Å²) in [7, 11) is 0. The second-order valence-electron chi connectivity index (χ2n) is 6.61. The average molecular weight is 400 g/mol. The van der Waals surface area contributed by atoms with Crippen LogP contribution >= 0.6 is 11.8 Å². The second kappa shape index (κ2) is 9.30. The standard InChI is InChI=1S/C25H21NO2S/c27-25(17-28-24-12-6-8-20-7-4-5-11-23(20)24)26-21-15-13-19(14-16-21)18-29-22-9-2-1-3-10-22/h1-16H,17-18H2,(H,26,27). The van der Waals surface area contributed by atoms with Crippen molar-refractivity contribution in [2.75, 3.05) is 11.9 Å². The lowest BCUT2D eigenvalue weighted by Crippen LogP contribution is -2.20. The molecule has 4 aromatic carbocycles. The van der Waals surface area contributed by atoms with Crippen LogP contribution in [0.25, 0.3) is 10.8 Å². The molecule has 4 heteroatoms. The van der Waals surface area contributed by atoms with E-state index in [-0.39, 0.29) is 12.5 Å². The van der Waals surface area contributed by atoms with Crippen molar-refractivity contribution >= 4 is 34.1 Å². The molecule has 0 aliphatic carbocycles. The molecular weight excluding hydrogens is 378 g/mol. The average Bonchev–Trinajstić information content (AvgIpc) is 2.78. The zero-order chi connectivity index (χ0) is 19.9. The van der Waals surface area contributed by atoms with Crippen LogP contribution in [-0.2, 0) is 10.5 Å². The highest BCUT2D eigenvalue weighted by atomic mass is 32.2. The Balaban J connectivity index is 1.30. The van der Waals surface area contributed by atoms with Crippen LogP contribution in [0.3, 0.4) is 0 Å². The number of fused-ring (bicyclic) bond motifs is 1. The van der Waals surface area contributed by atoms with E-state index in [2.05, 4.69) is 17.4 Å². The molecule has 0 heterocycles. The molecule has 0 atom stereocenters. The summed E-state index contributed by atoms with van der Waals surface area (Å²) in [5.41, 5.74) is 1.98. The molecule has 1 amide bonds. The van der Waals surface area contributed by atoms with Gasteiger partial charge in [0.2, 0.25) is 0 Å². The smallest absolute Gasteiger partial charge is 0.262 e. The second-order valence-corrected chi connectivity index (χ2v) is 7.66. The fourth-order valence-corrected chi connectivity index (χ4v) is 3.90. The van der Waals surface area contributed by atoms with E-state index in [1.54, 1.807) is 11.8 Å². The summed E-state index contributed by atoms with van der Waals surface area (Å²) in [5, 5.41) is 4.99. The van der Waals surface area contributed by atoms with Crippen molar-refractivity contribution in [1.82, 2.24) is 0 Å². The SMILES string of the molecule is O=C(COc1cccc2ccccc12)Nc1ccc(CSc2ccccc2)cc1. The van der Waals surface area contributed by atoms with E-state index >= 15 is 0 Å². The number of hydrogen-bond acceptors (Lipinski definition) is 3. The van der Waals surface area contributed by atoms with Gasteiger partial charge >= 0.3 is 0 Å². The van der Waals surface area contributed by atoms with Gasteiger partial charge in [-0.2, -0.15) is 0 Å². The molecule has 0 saturated carbocycles. The largest absolute Gasteiger partial charge is 0.483 e. The normalized spacial score (nSPS) is 10.6. The van der Waals surface area contributed by atoms with Gasteiger partial charge in [-0.3, -0.25) is 4.79 Å². The van der Waals surface area contributed by atoms with E-state index in [4.69, 9.17) is 4.74 Å². The Morgan fingerprint density at radius 3 is 2.34 bits per heavy atom. The van der Waals surface area contributed by atoms with Gasteiger partial charge in [-0.15, -0.1) is 11.8 Å². The molecule has 0 fully saturated rings. The number of rotatable bonds is 7. The number of amides is 1. The lowest BCUT2D eigenvalue weighted by atomic mass is 10.1. The van der Waals surface area contributed by atoms with Gasteiger partial charge in [0.15, 0.2) is 6.61 Å². The minimum atomic E-state index is -0.177. The maximum absolute atomic E-state index is 12.3. The molecule has 0 saturated heterocycles. The maximum atomic E-state index is 12.3.